The second kappa shape index (κ2) is 7.25. The van der Waals surface area contributed by atoms with E-state index in [2.05, 4.69) is 0 Å². The maximum absolute atomic E-state index is 11.5. The number of ether oxygens (including phenoxy) is 1. The Kier molecular flexibility index (Phi) is 5.37. The van der Waals surface area contributed by atoms with Gasteiger partial charge in [0.25, 0.3) is 0 Å². The van der Waals surface area contributed by atoms with Crippen LogP contribution in [-0.2, 0) is 16.0 Å². The van der Waals surface area contributed by atoms with E-state index >= 15 is 0 Å². The van der Waals surface area contributed by atoms with Gasteiger partial charge in [0, 0.05) is 5.02 Å². The van der Waals surface area contributed by atoms with Gasteiger partial charge in [0.1, 0.15) is 6.04 Å². The van der Waals surface area contributed by atoms with Crippen LogP contribution < -0.4 is 5.73 Å². The third-order valence-corrected chi connectivity index (χ3v) is 3.43. The van der Waals surface area contributed by atoms with E-state index in [4.69, 9.17) is 22.1 Å². The van der Waals surface area contributed by atoms with E-state index in [1.165, 1.54) is 0 Å². The van der Waals surface area contributed by atoms with Crippen LogP contribution in [0.3, 0.4) is 0 Å². The van der Waals surface area contributed by atoms with Gasteiger partial charge in [-0.3, -0.25) is 4.79 Å². The number of nitrogens with two attached hydrogens (primary N) is 1. The molecule has 3 nitrogen and oxygen atoms in total. The molecule has 0 fully saturated rings. The first-order valence-corrected chi connectivity index (χ1v) is 7.25. The maximum atomic E-state index is 11.5. The van der Waals surface area contributed by atoms with Crippen molar-refractivity contribution in [2.75, 3.05) is 6.61 Å². The summed E-state index contributed by atoms with van der Waals surface area (Å²) in [7, 11) is 0. The molecule has 21 heavy (non-hydrogen) atoms. The van der Waals surface area contributed by atoms with E-state index in [9.17, 15) is 4.79 Å². The number of esters is 1. The Morgan fingerprint density at radius 1 is 1.10 bits per heavy atom. The van der Waals surface area contributed by atoms with Crippen LogP contribution in [0.4, 0.5) is 0 Å². The molecule has 0 aliphatic carbocycles. The van der Waals surface area contributed by atoms with Crippen molar-refractivity contribution in [1.29, 1.82) is 0 Å². The number of hydrogen-bond donors (Lipinski definition) is 1. The fourth-order valence-corrected chi connectivity index (χ4v) is 2.19. The van der Waals surface area contributed by atoms with Crippen molar-refractivity contribution in [2.45, 2.75) is 19.4 Å². The van der Waals surface area contributed by atoms with Crippen molar-refractivity contribution in [3.05, 3.63) is 59.1 Å². The summed E-state index contributed by atoms with van der Waals surface area (Å²) in [5.41, 5.74) is 9.01. The van der Waals surface area contributed by atoms with Crippen LogP contribution in [0.1, 0.15) is 12.5 Å². The summed E-state index contributed by atoms with van der Waals surface area (Å²) in [5, 5.41) is 0.718. The van der Waals surface area contributed by atoms with Crippen LogP contribution in [0.2, 0.25) is 5.02 Å². The van der Waals surface area contributed by atoms with Gasteiger partial charge in [-0.25, -0.2) is 0 Å². The minimum absolute atomic E-state index is 0.349. The Bertz CT molecular complexity index is 593. The molecule has 2 N–H and O–H groups in total. The van der Waals surface area contributed by atoms with Gasteiger partial charge >= 0.3 is 5.97 Å². The highest BCUT2D eigenvalue weighted by atomic mass is 35.5. The molecular formula is C17H18ClNO2. The molecule has 0 aliphatic heterocycles. The quantitative estimate of drug-likeness (QED) is 0.861. The van der Waals surface area contributed by atoms with E-state index in [1.54, 1.807) is 6.92 Å². The molecule has 0 bridgehead atoms. The van der Waals surface area contributed by atoms with E-state index in [0.29, 0.717) is 13.0 Å². The largest absolute Gasteiger partial charge is 0.465 e. The third kappa shape index (κ3) is 4.31. The summed E-state index contributed by atoms with van der Waals surface area (Å²) in [6, 6.07) is 15.0. The molecule has 0 amide bonds. The van der Waals surface area contributed by atoms with E-state index in [-0.39, 0.29) is 5.97 Å². The molecule has 2 aromatic rings. The lowest BCUT2D eigenvalue weighted by molar-refractivity contribution is -0.144. The van der Waals surface area contributed by atoms with E-state index < -0.39 is 6.04 Å². The Labute approximate surface area is 129 Å². The zero-order valence-corrected chi connectivity index (χ0v) is 12.6. The van der Waals surface area contributed by atoms with Crippen LogP contribution in [0.5, 0.6) is 0 Å². The summed E-state index contributed by atoms with van der Waals surface area (Å²) in [6.45, 7) is 2.12. The Morgan fingerprint density at radius 2 is 1.62 bits per heavy atom. The van der Waals surface area contributed by atoms with Crippen molar-refractivity contribution in [3.63, 3.8) is 0 Å². The number of rotatable bonds is 5. The standard InChI is InChI=1S/C17H18ClNO2/c1-2-21-17(20)16(19)11-12-3-5-13(6-4-12)14-7-9-15(18)10-8-14/h3-10,16H,2,11,19H2,1H3. The van der Waals surface area contributed by atoms with Gasteiger partial charge in [-0.15, -0.1) is 0 Å². The minimum atomic E-state index is -0.619. The number of halogens is 1. The molecular weight excluding hydrogens is 286 g/mol. The van der Waals surface area contributed by atoms with Gasteiger partial charge in [0.05, 0.1) is 6.61 Å². The molecule has 2 aromatic carbocycles. The molecule has 2 rings (SSSR count). The van der Waals surface area contributed by atoms with E-state index in [0.717, 1.165) is 21.7 Å². The Hall–Kier alpha value is -1.84. The maximum Gasteiger partial charge on any atom is 0.323 e. The van der Waals surface area contributed by atoms with Gasteiger partial charge in [-0.2, -0.15) is 0 Å². The van der Waals surface area contributed by atoms with Crippen molar-refractivity contribution in [2.24, 2.45) is 5.73 Å². The second-order valence-corrected chi connectivity index (χ2v) is 5.20. The van der Waals surface area contributed by atoms with Crippen LogP contribution in [0, 0.1) is 0 Å². The number of carbonyl (C=O) groups excluding carboxylic acids is 1. The number of benzene rings is 2. The first-order chi connectivity index (χ1) is 10.1. The molecule has 110 valence electrons. The lowest BCUT2D eigenvalue weighted by Gasteiger charge is -2.11. The predicted octanol–water partition coefficient (Wildman–Crippen LogP) is 3.44. The fraction of sp³-hybridized carbons (Fsp3) is 0.235. The summed E-state index contributed by atoms with van der Waals surface area (Å²) in [6.07, 6.45) is 0.472. The lowest BCUT2D eigenvalue weighted by Crippen LogP contribution is -2.34. The highest BCUT2D eigenvalue weighted by molar-refractivity contribution is 6.30. The van der Waals surface area contributed by atoms with Crippen molar-refractivity contribution >= 4 is 17.6 Å². The van der Waals surface area contributed by atoms with Gasteiger partial charge < -0.3 is 10.5 Å². The van der Waals surface area contributed by atoms with Gasteiger partial charge in [0.2, 0.25) is 0 Å². The molecule has 1 unspecified atom stereocenters. The first-order valence-electron chi connectivity index (χ1n) is 6.87. The molecule has 0 spiro atoms. The molecule has 0 radical (unpaired) electrons. The monoisotopic (exact) mass is 303 g/mol. The average molecular weight is 304 g/mol. The van der Waals surface area contributed by atoms with Crippen molar-refractivity contribution < 1.29 is 9.53 Å². The molecule has 0 saturated carbocycles. The van der Waals surface area contributed by atoms with Gasteiger partial charge in [-0.05, 0) is 42.2 Å². The van der Waals surface area contributed by atoms with Crippen LogP contribution in [-0.4, -0.2) is 18.6 Å². The first kappa shape index (κ1) is 15.5. The number of carbonyl (C=O) groups is 1. The van der Waals surface area contributed by atoms with Crippen LogP contribution >= 0.6 is 11.6 Å². The van der Waals surface area contributed by atoms with Gasteiger partial charge in [0.15, 0.2) is 0 Å². The average Bonchev–Trinajstić information content (AvgIpc) is 2.49. The van der Waals surface area contributed by atoms with Crippen molar-refractivity contribution in [3.8, 4) is 11.1 Å². The summed E-state index contributed by atoms with van der Waals surface area (Å²) < 4.78 is 4.90. The smallest absolute Gasteiger partial charge is 0.323 e. The summed E-state index contributed by atoms with van der Waals surface area (Å²) >= 11 is 5.88. The summed E-state index contributed by atoms with van der Waals surface area (Å²) in [5.74, 6) is -0.362. The molecule has 0 heterocycles. The summed E-state index contributed by atoms with van der Waals surface area (Å²) in [4.78, 5) is 11.5. The van der Waals surface area contributed by atoms with Gasteiger partial charge in [-0.1, -0.05) is 48.0 Å². The molecule has 0 aromatic heterocycles. The zero-order chi connectivity index (χ0) is 15.2. The molecule has 0 aliphatic rings. The Morgan fingerprint density at radius 3 is 2.14 bits per heavy atom. The topological polar surface area (TPSA) is 52.3 Å². The predicted molar refractivity (Wildman–Crippen MR) is 85.2 cm³/mol. The third-order valence-electron chi connectivity index (χ3n) is 3.18. The number of hydrogen-bond acceptors (Lipinski definition) is 3. The lowest BCUT2D eigenvalue weighted by atomic mass is 10.0. The molecule has 1 atom stereocenters. The highest BCUT2D eigenvalue weighted by Crippen LogP contribution is 2.22. The van der Waals surface area contributed by atoms with Crippen molar-refractivity contribution in [1.82, 2.24) is 0 Å². The minimum Gasteiger partial charge on any atom is -0.465 e. The zero-order valence-electron chi connectivity index (χ0n) is 11.9. The molecule has 4 heteroatoms. The fourth-order valence-electron chi connectivity index (χ4n) is 2.06. The normalized spacial score (nSPS) is 12.0. The SMILES string of the molecule is CCOC(=O)C(N)Cc1ccc(-c2ccc(Cl)cc2)cc1. The Balaban J connectivity index is 2.05. The van der Waals surface area contributed by atoms with Crippen LogP contribution in [0.15, 0.2) is 48.5 Å². The van der Waals surface area contributed by atoms with Crippen LogP contribution in [0.25, 0.3) is 11.1 Å². The molecule has 0 saturated heterocycles. The highest BCUT2D eigenvalue weighted by Gasteiger charge is 2.14. The second-order valence-electron chi connectivity index (χ2n) is 4.77. The van der Waals surface area contributed by atoms with E-state index in [1.807, 2.05) is 48.5 Å².